The second kappa shape index (κ2) is 6.70. The van der Waals surface area contributed by atoms with Crippen molar-refractivity contribution in [3.8, 4) is 0 Å². The summed E-state index contributed by atoms with van der Waals surface area (Å²) in [6.07, 6.45) is 1.89. The topological polar surface area (TPSA) is 30.5 Å². The molecule has 1 aliphatic heterocycles. The molecule has 1 aromatic carbocycles. The second-order valence-corrected chi connectivity index (χ2v) is 5.75. The Morgan fingerprint density at radius 3 is 2.30 bits per heavy atom. The maximum absolute atomic E-state index is 6.22. The van der Waals surface area contributed by atoms with E-state index in [9.17, 15) is 0 Å². The summed E-state index contributed by atoms with van der Waals surface area (Å²) >= 11 is 0. The molecule has 20 heavy (non-hydrogen) atoms. The molecule has 112 valence electrons. The Morgan fingerprint density at radius 1 is 1.20 bits per heavy atom. The molecular weight excluding hydrogens is 250 g/mol. The van der Waals surface area contributed by atoms with Crippen LogP contribution in [0.3, 0.4) is 0 Å². The number of hydrogen-bond acceptors (Lipinski definition) is 3. The van der Waals surface area contributed by atoms with E-state index in [0.29, 0.717) is 0 Å². The fourth-order valence-electron chi connectivity index (χ4n) is 3.43. The van der Waals surface area contributed by atoms with Crippen molar-refractivity contribution in [2.75, 3.05) is 26.9 Å². The quantitative estimate of drug-likeness (QED) is 0.897. The van der Waals surface area contributed by atoms with Crippen LogP contribution in [-0.2, 0) is 9.47 Å². The van der Waals surface area contributed by atoms with Crippen molar-refractivity contribution in [1.82, 2.24) is 5.32 Å². The molecule has 2 rings (SSSR count). The minimum Gasteiger partial charge on any atom is -0.381 e. The molecule has 0 amide bonds. The zero-order valence-corrected chi connectivity index (χ0v) is 13.2. The molecule has 1 N–H and O–H groups in total. The van der Waals surface area contributed by atoms with Gasteiger partial charge in [-0.2, -0.15) is 0 Å². The predicted molar refractivity (Wildman–Crippen MR) is 82.1 cm³/mol. The van der Waals surface area contributed by atoms with Crippen LogP contribution >= 0.6 is 0 Å². The highest BCUT2D eigenvalue weighted by Crippen LogP contribution is 2.38. The summed E-state index contributed by atoms with van der Waals surface area (Å²) < 4.78 is 11.8. The third-order valence-electron chi connectivity index (χ3n) is 4.16. The number of benzene rings is 1. The summed E-state index contributed by atoms with van der Waals surface area (Å²) in [5.74, 6) is 0. The van der Waals surface area contributed by atoms with Gasteiger partial charge in [-0.05, 0) is 33.4 Å². The van der Waals surface area contributed by atoms with Crippen molar-refractivity contribution >= 4 is 0 Å². The summed E-state index contributed by atoms with van der Waals surface area (Å²) in [7, 11) is 2.03. The van der Waals surface area contributed by atoms with Gasteiger partial charge in [-0.3, -0.25) is 0 Å². The van der Waals surface area contributed by atoms with E-state index in [1.807, 2.05) is 7.05 Å². The minimum atomic E-state index is -0.151. The molecule has 0 aliphatic carbocycles. The molecule has 1 aliphatic rings. The third-order valence-corrected chi connectivity index (χ3v) is 4.16. The van der Waals surface area contributed by atoms with Crippen molar-refractivity contribution < 1.29 is 9.47 Å². The van der Waals surface area contributed by atoms with Crippen LogP contribution in [0.1, 0.15) is 42.5 Å². The van der Waals surface area contributed by atoms with Crippen molar-refractivity contribution in [3.05, 3.63) is 34.9 Å². The first kappa shape index (κ1) is 15.5. The van der Waals surface area contributed by atoms with Gasteiger partial charge in [-0.1, -0.05) is 29.3 Å². The molecule has 1 aromatic rings. The van der Waals surface area contributed by atoms with Crippen LogP contribution < -0.4 is 5.32 Å². The van der Waals surface area contributed by atoms with Crippen LogP contribution in [0.5, 0.6) is 0 Å². The number of aryl methyl sites for hydroxylation is 2. The fraction of sp³-hybridized carbons (Fsp3) is 0.647. The van der Waals surface area contributed by atoms with Crippen molar-refractivity contribution in [3.63, 3.8) is 0 Å². The number of rotatable bonds is 5. The molecule has 1 atom stereocenters. The SMILES string of the molecule is CCOC1(C(NC)c2cc(C)cc(C)c2)CCOCC1. The molecular formula is C17H27NO2. The summed E-state index contributed by atoms with van der Waals surface area (Å²) in [5.41, 5.74) is 3.78. The Bertz CT molecular complexity index is 413. The average molecular weight is 277 g/mol. The lowest BCUT2D eigenvalue weighted by Gasteiger charge is -2.43. The van der Waals surface area contributed by atoms with Crippen LogP contribution in [-0.4, -0.2) is 32.5 Å². The molecule has 0 saturated carbocycles. The Balaban J connectivity index is 2.36. The maximum atomic E-state index is 6.22. The summed E-state index contributed by atoms with van der Waals surface area (Å²) in [5, 5.41) is 3.49. The smallest absolute Gasteiger partial charge is 0.0919 e. The van der Waals surface area contributed by atoms with Crippen molar-refractivity contribution in [1.29, 1.82) is 0 Å². The third kappa shape index (κ3) is 3.22. The van der Waals surface area contributed by atoms with E-state index < -0.39 is 0 Å². The zero-order valence-electron chi connectivity index (χ0n) is 13.2. The monoisotopic (exact) mass is 277 g/mol. The maximum Gasteiger partial charge on any atom is 0.0919 e. The number of nitrogens with one attached hydrogen (secondary N) is 1. The standard InChI is InChI=1S/C17H27NO2/c1-5-20-17(6-8-19-9-7-17)16(18-4)15-11-13(2)10-14(3)12-15/h10-12,16,18H,5-9H2,1-4H3. The van der Waals surface area contributed by atoms with Gasteiger partial charge in [0.2, 0.25) is 0 Å². The normalized spacial score (nSPS) is 19.8. The van der Waals surface area contributed by atoms with Gasteiger partial charge in [0.25, 0.3) is 0 Å². The Morgan fingerprint density at radius 2 is 1.80 bits per heavy atom. The van der Waals surface area contributed by atoms with Crippen LogP contribution in [0.25, 0.3) is 0 Å². The summed E-state index contributed by atoms with van der Waals surface area (Å²) in [4.78, 5) is 0. The van der Waals surface area contributed by atoms with E-state index in [4.69, 9.17) is 9.47 Å². The summed E-state index contributed by atoms with van der Waals surface area (Å²) in [6, 6.07) is 6.97. The van der Waals surface area contributed by atoms with E-state index in [1.165, 1.54) is 16.7 Å². The molecule has 0 aromatic heterocycles. The fourth-order valence-corrected chi connectivity index (χ4v) is 3.43. The Kier molecular flexibility index (Phi) is 5.19. The Hall–Kier alpha value is -0.900. The molecule has 3 heteroatoms. The van der Waals surface area contributed by atoms with E-state index in [-0.39, 0.29) is 11.6 Å². The van der Waals surface area contributed by atoms with Crippen molar-refractivity contribution in [2.24, 2.45) is 0 Å². The van der Waals surface area contributed by atoms with Crippen LogP contribution in [0.15, 0.2) is 18.2 Å². The van der Waals surface area contributed by atoms with E-state index in [0.717, 1.165) is 32.7 Å². The first-order chi connectivity index (χ1) is 9.61. The molecule has 0 radical (unpaired) electrons. The molecule has 3 nitrogen and oxygen atoms in total. The lowest BCUT2D eigenvalue weighted by atomic mass is 9.81. The highest BCUT2D eigenvalue weighted by atomic mass is 16.5. The first-order valence-electron chi connectivity index (χ1n) is 7.58. The van der Waals surface area contributed by atoms with Gasteiger partial charge in [0, 0.05) is 32.7 Å². The predicted octanol–water partition coefficient (Wildman–Crippen LogP) is 3.15. The van der Waals surface area contributed by atoms with Gasteiger partial charge < -0.3 is 14.8 Å². The van der Waals surface area contributed by atoms with Gasteiger partial charge >= 0.3 is 0 Å². The van der Waals surface area contributed by atoms with Crippen LogP contribution in [0.2, 0.25) is 0 Å². The van der Waals surface area contributed by atoms with Crippen molar-refractivity contribution in [2.45, 2.75) is 45.3 Å². The van der Waals surface area contributed by atoms with E-state index in [1.54, 1.807) is 0 Å². The molecule has 1 unspecified atom stereocenters. The molecule has 1 fully saturated rings. The first-order valence-corrected chi connectivity index (χ1v) is 7.58. The van der Waals surface area contributed by atoms with Crippen LogP contribution in [0, 0.1) is 13.8 Å². The minimum absolute atomic E-state index is 0.151. The average Bonchev–Trinajstić information content (AvgIpc) is 2.39. The lowest BCUT2D eigenvalue weighted by molar-refractivity contribution is -0.127. The van der Waals surface area contributed by atoms with Crippen LogP contribution in [0.4, 0.5) is 0 Å². The molecule has 0 spiro atoms. The number of ether oxygens (including phenoxy) is 2. The number of hydrogen-bond donors (Lipinski definition) is 1. The van der Waals surface area contributed by atoms with E-state index in [2.05, 4.69) is 44.3 Å². The van der Waals surface area contributed by atoms with E-state index >= 15 is 0 Å². The Labute approximate surface area is 122 Å². The molecule has 0 bridgehead atoms. The lowest BCUT2D eigenvalue weighted by Crippen LogP contribution is -2.49. The second-order valence-electron chi connectivity index (χ2n) is 5.75. The van der Waals surface area contributed by atoms with Gasteiger partial charge in [0.15, 0.2) is 0 Å². The van der Waals surface area contributed by atoms with Gasteiger partial charge in [-0.15, -0.1) is 0 Å². The van der Waals surface area contributed by atoms with Gasteiger partial charge in [-0.25, -0.2) is 0 Å². The van der Waals surface area contributed by atoms with Gasteiger partial charge in [0.05, 0.1) is 11.6 Å². The largest absolute Gasteiger partial charge is 0.381 e. The highest BCUT2D eigenvalue weighted by Gasteiger charge is 2.41. The molecule has 1 saturated heterocycles. The van der Waals surface area contributed by atoms with Gasteiger partial charge in [0.1, 0.15) is 0 Å². The zero-order chi connectivity index (χ0) is 14.6. The highest BCUT2D eigenvalue weighted by molar-refractivity contribution is 5.32. The number of likely N-dealkylation sites (N-methyl/N-ethyl adjacent to an activating group) is 1. The summed E-state index contributed by atoms with van der Waals surface area (Å²) in [6.45, 7) is 8.68. The molecule has 1 heterocycles.